The van der Waals surface area contributed by atoms with E-state index in [9.17, 15) is 13.2 Å². The van der Waals surface area contributed by atoms with Crippen LogP contribution in [-0.2, 0) is 21.4 Å². The van der Waals surface area contributed by atoms with E-state index in [1.54, 1.807) is 29.9 Å². The molecule has 0 unspecified atom stereocenters. The topological polar surface area (TPSA) is 84.3 Å². The van der Waals surface area contributed by atoms with E-state index in [4.69, 9.17) is 0 Å². The molecule has 3 aromatic rings. The van der Waals surface area contributed by atoms with Gasteiger partial charge in [-0.15, -0.1) is 11.3 Å². The first-order valence-corrected chi connectivity index (χ1v) is 12.6. The van der Waals surface area contributed by atoms with Crippen LogP contribution >= 0.6 is 11.3 Å². The lowest BCUT2D eigenvalue weighted by Gasteiger charge is -2.30. The second-order valence-electron chi connectivity index (χ2n) is 7.72. The number of amides is 1. The van der Waals surface area contributed by atoms with Gasteiger partial charge in [-0.25, -0.2) is 13.1 Å². The van der Waals surface area contributed by atoms with Crippen molar-refractivity contribution in [2.24, 2.45) is 5.92 Å². The molecule has 7 nitrogen and oxygen atoms in total. The second-order valence-corrected chi connectivity index (χ2v) is 10.6. The van der Waals surface area contributed by atoms with Crippen LogP contribution in [0.3, 0.4) is 0 Å². The Kier molecular flexibility index (Phi) is 6.27. The van der Waals surface area contributed by atoms with Gasteiger partial charge in [-0.05, 0) is 50.3 Å². The van der Waals surface area contributed by atoms with E-state index < -0.39 is 10.0 Å². The van der Waals surface area contributed by atoms with Crippen molar-refractivity contribution in [1.82, 2.24) is 19.4 Å². The highest BCUT2D eigenvalue weighted by atomic mass is 32.2. The molecule has 0 saturated carbocycles. The number of piperidine rings is 1. The first kappa shape index (κ1) is 21.7. The Bertz CT molecular complexity index is 1150. The van der Waals surface area contributed by atoms with Crippen molar-refractivity contribution in [3.05, 3.63) is 64.1 Å². The van der Waals surface area contributed by atoms with Gasteiger partial charge in [0, 0.05) is 23.9 Å². The molecule has 2 aromatic heterocycles. The van der Waals surface area contributed by atoms with Crippen molar-refractivity contribution in [2.75, 3.05) is 13.1 Å². The Labute approximate surface area is 186 Å². The summed E-state index contributed by atoms with van der Waals surface area (Å²) in [6, 6.07) is 13.4. The molecule has 0 radical (unpaired) electrons. The lowest BCUT2D eigenvalue weighted by Crippen LogP contribution is -2.43. The quantitative estimate of drug-likeness (QED) is 0.614. The summed E-state index contributed by atoms with van der Waals surface area (Å²) in [5.41, 5.74) is 1.90. The predicted molar refractivity (Wildman–Crippen MR) is 121 cm³/mol. The van der Waals surface area contributed by atoms with Crippen LogP contribution in [0.2, 0.25) is 0 Å². The summed E-state index contributed by atoms with van der Waals surface area (Å²) < 4.78 is 30.0. The number of aromatic nitrogens is 2. The normalized spacial score (nSPS) is 15.8. The molecule has 1 fully saturated rings. The lowest BCUT2D eigenvalue weighted by atomic mass is 9.97. The van der Waals surface area contributed by atoms with Crippen molar-refractivity contribution in [3.63, 3.8) is 0 Å². The van der Waals surface area contributed by atoms with E-state index in [2.05, 4.69) is 10.4 Å². The van der Waals surface area contributed by atoms with Crippen LogP contribution in [0.5, 0.6) is 0 Å². The smallest absolute Gasteiger partial charge is 0.246 e. The molecule has 1 aromatic carbocycles. The molecule has 31 heavy (non-hydrogen) atoms. The average molecular weight is 459 g/mol. The van der Waals surface area contributed by atoms with E-state index in [-0.39, 0.29) is 16.7 Å². The van der Waals surface area contributed by atoms with Gasteiger partial charge in [0.2, 0.25) is 15.9 Å². The number of sulfonamides is 1. The molecule has 3 heterocycles. The van der Waals surface area contributed by atoms with Gasteiger partial charge < -0.3 is 5.32 Å². The first-order chi connectivity index (χ1) is 14.9. The molecule has 0 bridgehead atoms. The number of hydrogen-bond acceptors (Lipinski definition) is 5. The van der Waals surface area contributed by atoms with Crippen molar-refractivity contribution in [3.8, 4) is 5.69 Å². The molecule has 4 rings (SSSR count). The van der Waals surface area contributed by atoms with Gasteiger partial charge in [0.1, 0.15) is 4.90 Å². The summed E-state index contributed by atoms with van der Waals surface area (Å²) in [5.74, 6) is -0.171. The number of nitrogens with one attached hydrogen (secondary N) is 1. The van der Waals surface area contributed by atoms with Crippen molar-refractivity contribution in [2.45, 2.75) is 38.1 Å². The zero-order chi connectivity index (χ0) is 22.0. The van der Waals surface area contributed by atoms with Crippen molar-refractivity contribution >= 4 is 27.3 Å². The Balaban J connectivity index is 1.45. The molecule has 1 N–H and O–H groups in total. The minimum atomic E-state index is -3.69. The fourth-order valence-corrected chi connectivity index (χ4v) is 6.51. The molecule has 0 aliphatic carbocycles. The average Bonchev–Trinajstić information content (AvgIpc) is 3.40. The monoisotopic (exact) mass is 458 g/mol. The molecular weight excluding hydrogens is 432 g/mol. The molecule has 1 amide bonds. The van der Waals surface area contributed by atoms with Crippen LogP contribution in [0.15, 0.2) is 52.7 Å². The third-order valence-corrected chi connectivity index (χ3v) is 8.69. The van der Waals surface area contributed by atoms with E-state index in [0.717, 1.165) is 10.6 Å². The summed E-state index contributed by atoms with van der Waals surface area (Å²) >= 11 is 1.61. The molecule has 9 heteroatoms. The molecule has 0 spiro atoms. The standard InChI is InChI=1S/C22H26N4O3S2/c1-16-21(17(2)26(24-16)19-7-4-3-5-8-19)31(28,29)25-12-10-18(11-13-25)22(27)23-15-20-9-6-14-30-20/h3-9,14,18H,10-13,15H2,1-2H3,(H,23,27). The van der Waals surface area contributed by atoms with Gasteiger partial charge in [-0.3, -0.25) is 4.79 Å². The number of carbonyl (C=O) groups is 1. The number of rotatable bonds is 6. The van der Waals surface area contributed by atoms with Crippen molar-refractivity contribution in [1.29, 1.82) is 0 Å². The fourth-order valence-electron chi connectivity index (χ4n) is 4.04. The number of thiophene rings is 1. The van der Waals surface area contributed by atoms with Crippen LogP contribution in [0.25, 0.3) is 5.69 Å². The summed E-state index contributed by atoms with van der Waals surface area (Å²) in [6.07, 6.45) is 1.03. The highest BCUT2D eigenvalue weighted by molar-refractivity contribution is 7.89. The van der Waals surface area contributed by atoms with Gasteiger partial charge in [-0.1, -0.05) is 24.3 Å². The maximum atomic E-state index is 13.4. The fraction of sp³-hybridized carbons (Fsp3) is 0.364. The zero-order valence-corrected chi connectivity index (χ0v) is 19.2. The van der Waals surface area contributed by atoms with Gasteiger partial charge in [0.05, 0.1) is 23.6 Å². The van der Waals surface area contributed by atoms with Crippen LogP contribution in [0.4, 0.5) is 0 Å². The molecule has 0 atom stereocenters. The number of aryl methyl sites for hydroxylation is 1. The maximum absolute atomic E-state index is 13.4. The Morgan fingerprint density at radius 2 is 1.84 bits per heavy atom. The van der Waals surface area contributed by atoms with Gasteiger partial charge in [0.25, 0.3) is 0 Å². The Morgan fingerprint density at radius 1 is 1.13 bits per heavy atom. The van der Waals surface area contributed by atoms with E-state index in [0.29, 0.717) is 43.9 Å². The summed E-state index contributed by atoms with van der Waals surface area (Å²) in [7, 11) is -3.69. The number of hydrogen-bond donors (Lipinski definition) is 1. The zero-order valence-electron chi connectivity index (χ0n) is 17.6. The second kappa shape index (κ2) is 8.94. The molecule has 1 saturated heterocycles. The minimum absolute atomic E-state index is 0.00490. The molecule has 164 valence electrons. The Hall–Kier alpha value is -2.49. The maximum Gasteiger partial charge on any atom is 0.246 e. The van der Waals surface area contributed by atoms with Gasteiger partial charge >= 0.3 is 0 Å². The van der Waals surface area contributed by atoms with Crippen LogP contribution < -0.4 is 5.32 Å². The number of carbonyl (C=O) groups excluding carboxylic acids is 1. The van der Waals surface area contributed by atoms with Crippen molar-refractivity contribution < 1.29 is 13.2 Å². The largest absolute Gasteiger partial charge is 0.351 e. The lowest BCUT2D eigenvalue weighted by molar-refractivity contribution is -0.126. The number of para-hydroxylation sites is 1. The molecular formula is C22H26N4O3S2. The molecule has 1 aliphatic heterocycles. The number of benzene rings is 1. The third kappa shape index (κ3) is 4.44. The van der Waals surface area contributed by atoms with E-state index >= 15 is 0 Å². The highest BCUT2D eigenvalue weighted by Gasteiger charge is 2.35. The third-order valence-electron chi connectivity index (χ3n) is 5.67. The van der Waals surface area contributed by atoms with E-state index in [1.807, 2.05) is 47.8 Å². The first-order valence-electron chi connectivity index (χ1n) is 10.3. The summed E-state index contributed by atoms with van der Waals surface area (Å²) in [4.78, 5) is 13.9. The van der Waals surface area contributed by atoms with Gasteiger partial charge in [-0.2, -0.15) is 9.40 Å². The highest BCUT2D eigenvalue weighted by Crippen LogP contribution is 2.29. The predicted octanol–water partition coefficient (Wildman–Crippen LogP) is 3.27. The SMILES string of the molecule is Cc1nn(-c2ccccc2)c(C)c1S(=O)(=O)N1CCC(C(=O)NCc2cccs2)CC1. The van der Waals surface area contributed by atoms with Gasteiger partial charge in [0.15, 0.2) is 0 Å². The summed E-state index contributed by atoms with van der Waals surface area (Å²) in [5, 5.41) is 9.43. The van der Waals surface area contributed by atoms with Crippen LogP contribution in [0.1, 0.15) is 29.1 Å². The minimum Gasteiger partial charge on any atom is -0.351 e. The molecule has 1 aliphatic rings. The van der Waals surface area contributed by atoms with E-state index in [1.165, 1.54) is 4.31 Å². The number of nitrogens with zero attached hydrogens (tertiary/aromatic N) is 3. The van der Waals surface area contributed by atoms with Crippen LogP contribution in [-0.4, -0.2) is 41.5 Å². The Morgan fingerprint density at radius 3 is 2.48 bits per heavy atom. The summed E-state index contributed by atoms with van der Waals surface area (Å²) in [6.45, 7) is 4.68. The van der Waals surface area contributed by atoms with Crippen LogP contribution in [0, 0.1) is 19.8 Å².